The van der Waals surface area contributed by atoms with Gasteiger partial charge in [-0.3, -0.25) is 4.98 Å². The van der Waals surface area contributed by atoms with E-state index in [1.807, 2.05) is 19.1 Å². The van der Waals surface area contributed by atoms with E-state index >= 15 is 0 Å². The third-order valence-electron chi connectivity index (χ3n) is 2.68. The third-order valence-corrected chi connectivity index (χ3v) is 2.68. The van der Waals surface area contributed by atoms with Crippen LogP contribution in [0, 0.1) is 6.92 Å². The van der Waals surface area contributed by atoms with Gasteiger partial charge in [0.05, 0.1) is 19.4 Å². The fraction of sp³-hybridized carbons (Fsp3) is 0.571. The summed E-state index contributed by atoms with van der Waals surface area (Å²) in [6.07, 6.45) is -0.665. The lowest BCUT2D eigenvalue weighted by molar-refractivity contribution is -0.147. The summed E-state index contributed by atoms with van der Waals surface area (Å²) < 4.78 is 15.2. The average molecular weight is 282 g/mol. The first-order valence-corrected chi connectivity index (χ1v) is 6.49. The minimum absolute atomic E-state index is 0.413. The fourth-order valence-electron chi connectivity index (χ4n) is 1.62. The molecule has 0 amide bonds. The van der Waals surface area contributed by atoms with Crippen LogP contribution in [0.3, 0.4) is 0 Å². The maximum absolute atomic E-state index is 11.4. The summed E-state index contributed by atoms with van der Waals surface area (Å²) in [5.74, 6) is 0.169. The summed E-state index contributed by atoms with van der Waals surface area (Å²) in [5, 5.41) is 3.20. The van der Waals surface area contributed by atoms with Crippen LogP contribution in [0.15, 0.2) is 12.1 Å². The van der Waals surface area contributed by atoms with Crippen molar-refractivity contribution in [1.82, 2.24) is 10.3 Å². The number of hydrogen-bond acceptors (Lipinski definition) is 6. The van der Waals surface area contributed by atoms with Gasteiger partial charge in [-0.1, -0.05) is 0 Å². The minimum Gasteiger partial charge on any atom is -0.477 e. The van der Waals surface area contributed by atoms with Crippen LogP contribution in [0.2, 0.25) is 0 Å². The fourth-order valence-corrected chi connectivity index (χ4v) is 1.62. The van der Waals surface area contributed by atoms with E-state index in [1.54, 1.807) is 14.0 Å². The van der Waals surface area contributed by atoms with Crippen molar-refractivity contribution in [3.8, 4) is 5.75 Å². The van der Waals surface area contributed by atoms with E-state index in [9.17, 15) is 4.79 Å². The van der Waals surface area contributed by atoms with Gasteiger partial charge in [0.15, 0.2) is 6.10 Å². The quantitative estimate of drug-likeness (QED) is 0.568. The predicted molar refractivity (Wildman–Crippen MR) is 74.7 cm³/mol. The highest BCUT2D eigenvalue weighted by Crippen LogP contribution is 2.18. The van der Waals surface area contributed by atoms with Crippen LogP contribution in [-0.2, 0) is 20.8 Å². The highest BCUT2D eigenvalue weighted by molar-refractivity contribution is 5.74. The van der Waals surface area contributed by atoms with Crippen molar-refractivity contribution in [2.24, 2.45) is 0 Å². The van der Waals surface area contributed by atoms with E-state index in [-0.39, 0.29) is 0 Å². The van der Waals surface area contributed by atoms with Crippen molar-refractivity contribution in [2.45, 2.75) is 26.5 Å². The SMILES string of the molecule is COCCNCc1nc(C)ccc1OC(C)C(=O)OC. The van der Waals surface area contributed by atoms with Crippen molar-refractivity contribution in [3.05, 3.63) is 23.5 Å². The van der Waals surface area contributed by atoms with Crippen LogP contribution >= 0.6 is 0 Å². The molecule has 0 aliphatic carbocycles. The molecule has 0 fully saturated rings. The molecule has 0 aliphatic rings. The zero-order valence-electron chi connectivity index (χ0n) is 12.4. The Morgan fingerprint density at radius 3 is 2.80 bits per heavy atom. The van der Waals surface area contributed by atoms with Crippen LogP contribution in [0.5, 0.6) is 5.75 Å². The van der Waals surface area contributed by atoms with E-state index in [2.05, 4.69) is 15.0 Å². The van der Waals surface area contributed by atoms with Crippen LogP contribution in [0.25, 0.3) is 0 Å². The van der Waals surface area contributed by atoms with Gasteiger partial charge in [0.2, 0.25) is 0 Å². The lowest BCUT2D eigenvalue weighted by Gasteiger charge is -2.16. The molecule has 1 unspecified atom stereocenters. The maximum Gasteiger partial charge on any atom is 0.346 e. The van der Waals surface area contributed by atoms with Gasteiger partial charge < -0.3 is 19.5 Å². The Balaban J connectivity index is 2.71. The molecule has 1 aromatic heterocycles. The number of hydrogen-bond donors (Lipinski definition) is 1. The Labute approximate surface area is 119 Å². The van der Waals surface area contributed by atoms with Crippen molar-refractivity contribution < 1.29 is 19.0 Å². The zero-order valence-corrected chi connectivity index (χ0v) is 12.4. The van der Waals surface area contributed by atoms with Crippen molar-refractivity contribution >= 4 is 5.97 Å². The Bertz CT molecular complexity index is 437. The molecular weight excluding hydrogens is 260 g/mol. The maximum atomic E-state index is 11.4. The molecule has 0 radical (unpaired) electrons. The average Bonchev–Trinajstić information content (AvgIpc) is 2.45. The number of aryl methyl sites for hydroxylation is 1. The van der Waals surface area contributed by atoms with Crippen LogP contribution in [-0.4, -0.2) is 44.4 Å². The van der Waals surface area contributed by atoms with Gasteiger partial charge in [-0.15, -0.1) is 0 Å². The first-order valence-electron chi connectivity index (χ1n) is 6.49. The van der Waals surface area contributed by atoms with Gasteiger partial charge in [0.25, 0.3) is 0 Å². The van der Waals surface area contributed by atoms with E-state index in [1.165, 1.54) is 7.11 Å². The Morgan fingerprint density at radius 1 is 1.40 bits per heavy atom. The number of methoxy groups -OCH3 is 2. The molecule has 0 bridgehead atoms. The van der Waals surface area contributed by atoms with Gasteiger partial charge in [-0.2, -0.15) is 0 Å². The van der Waals surface area contributed by atoms with E-state index < -0.39 is 12.1 Å². The predicted octanol–water partition coefficient (Wildman–Crippen LogP) is 1.07. The molecule has 0 aliphatic heterocycles. The first-order chi connectivity index (χ1) is 9.58. The Kier molecular flexibility index (Phi) is 6.97. The standard InChI is InChI=1S/C14H22N2O4/c1-10-5-6-13(20-11(2)14(17)19-4)12(16-10)9-15-7-8-18-3/h5-6,11,15H,7-9H2,1-4H3. The topological polar surface area (TPSA) is 69.7 Å². The van der Waals surface area contributed by atoms with Crippen molar-refractivity contribution in [2.75, 3.05) is 27.4 Å². The normalized spacial score (nSPS) is 12.0. The van der Waals surface area contributed by atoms with Gasteiger partial charge in [0, 0.05) is 25.9 Å². The second kappa shape index (κ2) is 8.50. The molecule has 1 heterocycles. The molecule has 6 heteroatoms. The Morgan fingerprint density at radius 2 is 2.15 bits per heavy atom. The number of carbonyl (C=O) groups excluding carboxylic acids is 1. The molecule has 0 aromatic carbocycles. The summed E-state index contributed by atoms with van der Waals surface area (Å²) in [6.45, 7) is 5.45. The second-order valence-electron chi connectivity index (χ2n) is 4.35. The van der Waals surface area contributed by atoms with E-state index in [4.69, 9.17) is 9.47 Å². The number of rotatable bonds is 8. The second-order valence-corrected chi connectivity index (χ2v) is 4.35. The number of pyridine rings is 1. The van der Waals surface area contributed by atoms with Gasteiger partial charge in [-0.05, 0) is 26.0 Å². The van der Waals surface area contributed by atoms with Gasteiger partial charge in [-0.25, -0.2) is 4.79 Å². The van der Waals surface area contributed by atoms with Crippen molar-refractivity contribution in [1.29, 1.82) is 0 Å². The number of esters is 1. The lowest BCUT2D eigenvalue weighted by Crippen LogP contribution is -2.26. The number of aromatic nitrogens is 1. The molecule has 112 valence electrons. The summed E-state index contributed by atoms with van der Waals surface area (Å²) in [7, 11) is 2.99. The summed E-state index contributed by atoms with van der Waals surface area (Å²) >= 11 is 0. The monoisotopic (exact) mass is 282 g/mol. The van der Waals surface area contributed by atoms with Gasteiger partial charge >= 0.3 is 5.97 Å². The van der Waals surface area contributed by atoms with Crippen LogP contribution < -0.4 is 10.1 Å². The summed E-state index contributed by atoms with van der Waals surface area (Å²) in [4.78, 5) is 15.8. The molecule has 0 saturated heterocycles. The highest BCUT2D eigenvalue weighted by Gasteiger charge is 2.17. The molecule has 1 rings (SSSR count). The summed E-state index contributed by atoms with van der Waals surface area (Å²) in [5.41, 5.74) is 1.66. The smallest absolute Gasteiger partial charge is 0.346 e. The third kappa shape index (κ3) is 5.14. The number of nitrogens with one attached hydrogen (secondary N) is 1. The number of ether oxygens (including phenoxy) is 3. The van der Waals surface area contributed by atoms with E-state index in [0.29, 0.717) is 18.9 Å². The first kappa shape index (κ1) is 16.4. The number of carbonyl (C=O) groups is 1. The van der Waals surface area contributed by atoms with Gasteiger partial charge in [0.1, 0.15) is 5.75 Å². The zero-order chi connectivity index (χ0) is 15.0. The Hall–Kier alpha value is -1.66. The summed E-state index contributed by atoms with van der Waals surface area (Å²) in [6, 6.07) is 3.66. The molecule has 1 N–H and O–H groups in total. The van der Waals surface area contributed by atoms with E-state index in [0.717, 1.165) is 17.9 Å². The largest absolute Gasteiger partial charge is 0.477 e. The minimum atomic E-state index is -0.665. The molecular formula is C14H22N2O4. The molecule has 20 heavy (non-hydrogen) atoms. The number of nitrogens with zero attached hydrogens (tertiary/aromatic N) is 1. The van der Waals surface area contributed by atoms with Crippen molar-refractivity contribution in [3.63, 3.8) is 0 Å². The molecule has 0 saturated carbocycles. The highest BCUT2D eigenvalue weighted by atomic mass is 16.6. The van der Waals surface area contributed by atoms with Crippen LogP contribution in [0.4, 0.5) is 0 Å². The molecule has 1 atom stereocenters. The molecule has 1 aromatic rings. The van der Waals surface area contributed by atoms with Crippen LogP contribution in [0.1, 0.15) is 18.3 Å². The molecule has 0 spiro atoms. The lowest BCUT2D eigenvalue weighted by atomic mass is 10.2. The molecule has 6 nitrogen and oxygen atoms in total.